The second-order valence-corrected chi connectivity index (χ2v) is 8.29. The molecule has 3 fully saturated rings. The van der Waals surface area contributed by atoms with E-state index in [9.17, 15) is 14.7 Å². The van der Waals surface area contributed by atoms with Gasteiger partial charge in [-0.2, -0.15) is 0 Å². The van der Waals surface area contributed by atoms with Crippen LogP contribution in [0.5, 0.6) is 0 Å². The molecule has 0 bridgehead atoms. The van der Waals surface area contributed by atoms with Crippen molar-refractivity contribution in [3.8, 4) is 0 Å². The smallest absolute Gasteiger partial charge is 0.337 e. The first-order valence-corrected chi connectivity index (χ1v) is 8.93. The molecule has 6 nitrogen and oxygen atoms in total. The van der Waals surface area contributed by atoms with Crippen LogP contribution in [0.4, 0.5) is 0 Å². The highest BCUT2D eigenvalue weighted by Gasteiger charge is 2.62. The van der Waals surface area contributed by atoms with Crippen molar-refractivity contribution in [2.75, 3.05) is 0 Å². The van der Waals surface area contributed by atoms with E-state index in [-0.39, 0.29) is 29.3 Å². The predicted octanol–water partition coefficient (Wildman–Crippen LogP) is 2.07. The molecule has 1 saturated heterocycles. The quantitative estimate of drug-likeness (QED) is 0.467. The van der Waals surface area contributed by atoms with Gasteiger partial charge in [0.25, 0.3) is 6.29 Å². The van der Waals surface area contributed by atoms with Gasteiger partial charge < -0.3 is 19.3 Å². The number of aliphatic hydroxyl groups is 1. The molecule has 0 aromatic heterocycles. The number of aliphatic hydroxyl groups excluding tert-OH is 1. The Hall–Kier alpha value is -1.82. The number of fused-ring (bicyclic) bond motifs is 3. The molecule has 2 saturated carbocycles. The Balaban J connectivity index is 1.58. The number of hydrogen-bond donors (Lipinski definition) is 1. The first kappa shape index (κ1) is 16.6. The number of carbonyl (C=O) groups excluding carboxylic acids is 2. The number of esters is 2. The van der Waals surface area contributed by atoms with Crippen molar-refractivity contribution in [1.29, 1.82) is 0 Å². The van der Waals surface area contributed by atoms with E-state index >= 15 is 0 Å². The number of ether oxygens (including phenoxy) is 3. The molecule has 2 aliphatic carbocycles. The number of hydrogen-bond acceptors (Lipinski definition) is 6. The van der Waals surface area contributed by atoms with Gasteiger partial charge >= 0.3 is 11.9 Å². The van der Waals surface area contributed by atoms with Crippen LogP contribution in [-0.2, 0) is 23.8 Å². The lowest BCUT2D eigenvalue weighted by Crippen LogP contribution is -2.40. The van der Waals surface area contributed by atoms with Crippen LogP contribution in [0.3, 0.4) is 0 Å². The van der Waals surface area contributed by atoms with Crippen LogP contribution in [0.2, 0.25) is 0 Å². The van der Waals surface area contributed by atoms with Gasteiger partial charge in [-0.25, -0.2) is 9.59 Å². The molecule has 6 atom stereocenters. The normalized spacial score (nSPS) is 43.4. The summed E-state index contributed by atoms with van der Waals surface area (Å²) in [6, 6.07) is 0. The van der Waals surface area contributed by atoms with Crippen molar-refractivity contribution < 1.29 is 28.9 Å². The van der Waals surface area contributed by atoms with Crippen molar-refractivity contribution in [2.45, 2.75) is 58.5 Å². The first-order valence-electron chi connectivity index (χ1n) is 8.93. The SMILES string of the molecule is CC1=CC(O/C=C2/C(=O)OC3C2C(O)C2CCCC(C)(C)C23)OC1=O. The highest BCUT2D eigenvalue weighted by molar-refractivity contribution is 5.92. The number of rotatable bonds is 2. The zero-order valence-corrected chi connectivity index (χ0v) is 14.7. The Labute approximate surface area is 146 Å². The van der Waals surface area contributed by atoms with E-state index in [4.69, 9.17) is 14.2 Å². The van der Waals surface area contributed by atoms with E-state index in [1.165, 1.54) is 6.26 Å². The second kappa shape index (κ2) is 5.59. The molecule has 25 heavy (non-hydrogen) atoms. The van der Waals surface area contributed by atoms with Gasteiger partial charge in [0.05, 0.1) is 23.9 Å². The van der Waals surface area contributed by atoms with Crippen LogP contribution >= 0.6 is 0 Å². The van der Waals surface area contributed by atoms with Crippen molar-refractivity contribution in [3.05, 3.63) is 23.5 Å². The fourth-order valence-electron chi connectivity index (χ4n) is 5.15. The zero-order valence-electron chi connectivity index (χ0n) is 14.7. The maximum absolute atomic E-state index is 12.3. The molecule has 4 aliphatic rings. The summed E-state index contributed by atoms with van der Waals surface area (Å²) >= 11 is 0. The Bertz CT molecular complexity index is 675. The monoisotopic (exact) mass is 348 g/mol. The van der Waals surface area contributed by atoms with Crippen LogP contribution in [-0.4, -0.2) is 35.5 Å². The van der Waals surface area contributed by atoms with Crippen molar-refractivity contribution in [3.63, 3.8) is 0 Å². The van der Waals surface area contributed by atoms with Gasteiger partial charge in [-0.1, -0.05) is 20.3 Å². The van der Waals surface area contributed by atoms with E-state index in [1.807, 2.05) is 0 Å². The van der Waals surface area contributed by atoms with Crippen LogP contribution in [0.1, 0.15) is 40.0 Å². The predicted molar refractivity (Wildman–Crippen MR) is 86.8 cm³/mol. The molecule has 136 valence electrons. The summed E-state index contributed by atoms with van der Waals surface area (Å²) in [5.74, 6) is -0.950. The highest BCUT2D eigenvalue weighted by Crippen LogP contribution is 2.58. The molecule has 1 N–H and O–H groups in total. The van der Waals surface area contributed by atoms with E-state index < -0.39 is 24.3 Å². The lowest BCUT2D eigenvalue weighted by molar-refractivity contribution is -0.152. The molecule has 4 rings (SSSR count). The van der Waals surface area contributed by atoms with Crippen molar-refractivity contribution in [1.82, 2.24) is 0 Å². The minimum absolute atomic E-state index is 0.0285. The average molecular weight is 348 g/mol. The summed E-state index contributed by atoms with van der Waals surface area (Å²) in [6.07, 6.45) is 4.23. The van der Waals surface area contributed by atoms with E-state index in [0.29, 0.717) is 11.1 Å². The van der Waals surface area contributed by atoms with Crippen LogP contribution in [0.15, 0.2) is 23.5 Å². The van der Waals surface area contributed by atoms with Crippen LogP contribution < -0.4 is 0 Å². The van der Waals surface area contributed by atoms with Gasteiger partial charge in [0.1, 0.15) is 6.10 Å². The van der Waals surface area contributed by atoms with E-state index in [2.05, 4.69) is 13.8 Å². The number of cyclic esters (lactones) is 1. The van der Waals surface area contributed by atoms with Crippen molar-refractivity contribution in [2.24, 2.45) is 23.2 Å². The molecular formula is C19H24O6. The third-order valence-corrected chi connectivity index (χ3v) is 6.34. The first-order chi connectivity index (χ1) is 11.8. The molecule has 0 spiro atoms. The molecule has 0 aromatic carbocycles. The zero-order chi connectivity index (χ0) is 17.9. The molecule has 0 radical (unpaired) electrons. The number of carbonyl (C=O) groups is 2. The van der Waals surface area contributed by atoms with Gasteiger partial charge in [-0.3, -0.25) is 0 Å². The molecule has 2 aliphatic heterocycles. The molecule has 0 amide bonds. The lowest BCUT2D eigenvalue weighted by atomic mass is 9.64. The summed E-state index contributed by atoms with van der Waals surface area (Å²) < 4.78 is 16.1. The summed E-state index contributed by atoms with van der Waals surface area (Å²) in [4.78, 5) is 23.7. The van der Waals surface area contributed by atoms with Crippen molar-refractivity contribution >= 4 is 11.9 Å². The van der Waals surface area contributed by atoms with Gasteiger partial charge in [-0.05, 0) is 31.1 Å². The van der Waals surface area contributed by atoms with E-state index in [1.54, 1.807) is 13.0 Å². The Morgan fingerprint density at radius 2 is 2.04 bits per heavy atom. The van der Waals surface area contributed by atoms with Gasteiger partial charge in [0.15, 0.2) is 0 Å². The average Bonchev–Trinajstić information content (AvgIpc) is 3.11. The fraction of sp³-hybridized carbons (Fsp3) is 0.684. The van der Waals surface area contributed by atoms with E-state index in [0.717, 1.165) is 19.3 Å². The molecule has 6 unspecified atom stereocenters. The summed E-state index contributed by atoms with van der Waals surface area (Å²) in [5, 5.41) is 10.9. The summed E-state index contributed by atoms with van der Waals surface area (Å²) in [7, 11) is 0. The fourth-order valence-corrected chi connectivity index (χ4v) is 5.15. The molecular weight excluding hydrogens is 324 g/mol. The van der Waals surface area contributed by atoms with Gasteiger partial charge in [-0.15, -0.1) is 0 Å². The Kier molecular flexibility index (Phi) is 3.72. The minimum Gasteiger partial charge on any atom is -0.458 e. The topological polar surface area (TPSA) is 82.1 Å². The standard InChI is InChI=1S/C19H24O6/c1-9-7-12(24-17(9)21)23-8-11-13-15(20)10-5-4-6-19(2,3)14(10)16(13)25-18(11)22/h7-8,10,12-16,20H,4-6H2,1-3H3/b11-8+. The molecule has 6 heteroatoms. The third kappa shape index (κ3) is 2.49. The van der Waals surface area contributed by atoms with Crippen LogP contribution in [0, 0.1) is 23.2 Å². The largest absolute Gasteiger partial charge is 0.458 e. The van der Waals surface area contributed by atoms with Crippen LogP contribution in [0.25, 0.3) is 0 Å². The summed E-state index contributed by atoms with van der Waals surface area (Å²) in [6.45, 7) is 6.03. The Morgan fingerprint density at radius 3 is 2.72 bits per heavy atom. The van der Waals surface area contributed by atoms with Gasteiger partial charge in [0, 0.05) is 17.6 Å². The second-order valence-electron chi connectivity index (χ2n) is 8.29. The maximum atomic E-state index is 12.3. The lowest BCUT2D eigenvalue weighted by Gasteiger charge is -2.42. The molecule has 0 aromatic rings. The van der Waals surface area contributed by atoms with Gasteiger partial charge in [0.2, 0.25) is 0 Å². The molecule has 2 heterocycles. The highest BCUT2D eigenvalue weighted by atomic mass is 16.7. The third-order valence-electron chi connectivity index (χ3n) is 6.34. The maximum Gasteiger partial charge on any atom is 0.337 e. The summed E-state index contributed by atoms with van der Waals surface area (Å²) in [5.41, 5.74) is 0.849. The Morgan fingerprint density at radius 1 is 1.28 bits per heavy atom. The minimum atomic E-state index is -0.830.